The van der Waals surface area contributed by atoms with Gasteiger partial charge in [-0.05, 0) is 31.6 Å². The molecule has 0 spiro atoms. The van der Waals surface area contributed by atoms with E-state index >= 15 is 0 Å². The topological polar surface area (TPSA) is 51.8 Å². The molecule has 0 atom stereocenters. The molecule has 0 saturated carbocycles. The first-order valence-corrected chi connectivity index (χ1v) is 4.60. The number of rotatable bonds is 2. The Hall–Kier alpha value is -1.97. The van der Waals surface area contributed by atoms with Gasteiger partial charge in [-0.15, -0.1) is 0 Å². The molecule has 0 aromatic carbocycles. The summed E-state index contributed by atoms with van der Waals surface area (Å²) in [4.78, 5) is 8.36. The van der Waals surface area contributed by atoms with Crippen LogP contribution in [0.25, 0.3) is 17.5 Å². The molecule has 2 heterocycles. The average Bonchev–Trinajstić information content (AvgIpc) is 2.66. The van der Waals surface area contributed by atoms with Crippen molar-refractivity contribution in [1.82, 2.24) is 15.1 Å². The van der Waals surface area contributed by atoms with Gasteiger partial charge in [0.1, 0.15) is 0 Å². The van der Waals surface area contributed by atoms with E-state index in [0.29, 0.717) is 11.7 Å². The zero-order valence-corrected chi connectivity index (χ0v) is 8.69. The zero-order chi connectivity index (χ0) is 10.8. The van der Waals surface area contributed by atoms with E-state index in [0.717, 1.165) is 16.8 Å². The lowest BCUT2D eigenvalue weighted by atomic mass is 10.1. The normalized spacial score (nSPS) is 10.3. The van der Waals surface area contributed by atoms with E-state index in [1.54, 1.807) is 6.20 Å². The minimum Gasteiger partial charge on any atom is -0.334 e. The molecule has 0 fully saturated rings. The summed E-state index contributed by atoms with van der Waals surface area (Å²) in [5.41, 5.74) is 2.94. The largest absolute Gasteiger partial charge is 0.334 e. The monoisotopic (exact) mass is 201 g/mol. The lowest BCUT2D eigenvalue weighted by molar-refractivity contribution is 0.411. The van der Waals surface area contributed by atoms with Crippen LogP contribution < -0.4 is 0 Å². The maximum Gasteiger partial charge on any atom is 0.250 e. The molecule has 76 valence electrons. The molecule has 15 heavy (non-hydrogen) atoms. The Kier molecular flexibility index (Phi) is 2.33. The Morgan fingerprint density at radius 3 is 2.80 bits per heavy atom. The third-order valence-corrected chi connectivity index (χ3v) is 2.10. The maximum absolute atomic E-state index is 4.95. The predicted molar refractivity (Wildman–Crippen MR) is 57.1 cm³/mol. The van der Waals surface area contributed by atoms with Crippen LogP contribution in [-0.4, -0.2) is 15.1 Å². The molecule has 0 unspecified atom stereocenters. The highest BCUT2D eigenvalue weighted by molar-refractivity contribution is 5.59. The van der Waals surface area contributed by atoms with Crippen molar-refractivity contribution in [3.63, 3.8) is 0 Å². The van der Waals surface area contributed by atoms with Gasteiger partial charge >= 0.3 is 0 Å². The lowest BCUT2D eigenvalue weighted by Gasteiger charge is -2.00. The molecule has 2 rings (SSSR count). The molecule has 4 heteroatoms. The fourth-order valence-electron chi connectivity index (χ4n) is 1.36. The fourth-order valence-corrected chi connectivity index (χ4v) is 1.36. The van der Waals surface area contributed by atoms with Crippen molar-refractivity contribution >= 4 is 6.08 Å². The van der Waals surface area contributed by atoms with E-state index < -0.39 is 0 Å². The van der Waals surface area contributed by atoms with Gasteiger partial charge in [-0.25, -0.2) is 0 Å². The standard InChI is InChI=1S/C11H11N3O/c1-4-10-13-11(14-15-10)9-6-12-8(3)5-7(9)2/h4-6H,1H2,2-3H3. The third-order valence-electron chi connectivity index (χ3n) is 2.10. The summed E-state index contributed by atoms with van der Waals surface area (Å²) >= 11 is 0. The zero-order valence-electron chi connectivity index (χ0n) is 8.69. The number of hydrogen-bond donors (Lipinski definition) is 0. The summed E-state index contributed by atoms with van der Waals surface area (Å²) in [7, 11) is 0. The van der Waals surface area contributed by atoms with Crippen molar-refractivity contribution in [1.29, 1.82) is 0 Å². The Labute approximate surface area is 87.7 Å². The van der Waals surface area contributed by atoms with Crippen LogP contribution in [0.2, 0.25) is 0 Å². The van der Waals surface area contributed by atoms with E-state index in [2.05, 4.69) is 21.7 Å². The fraction of sp³-hybridized carbons (Fsp3) is 0.182. The number of aromatic nitrogens is 3. The summed E-state index contributed by atoms with van der Waals surface area (Å²) in [5, 5.41) is 3.85. The van der Waals surface area contributed by atoms with Crippen molar-refractivity contribution in [3.05, 3.63) is 36.0 Å². The number of aryl methyl sites for hydroxylation is 2. The molecule has 2 aromatic rings. The molecule has 0 aliphatic carbocycles. The second-order valence-electron chi connectivity index (χ2n) is 3.30. The van der Waals surface area contributed by atoms with Crippen molar-refractivity contribution in [2.45, 2.75) is 13.8 Å². The smallest absolute Gasteiger partial charge is 0.250 e. The van der Waals surface area contributed by atoms with E-state index in [1.807, 2.05) is 19.9 Å². The first-order valence-electron chi connectivity index (χ1n) is 4.60. The lowest BCUT2D eigenvalue weighted by Crippen LogP contribution is -1.89. The molecule has 0 bridgehead atoms. The van der Waals surface area contributed by atoms with Crippen molar-refractivity contribution < 1.29 is 4.52 Å². The van der Waals surface area contributed by atoms with Gasteiger partial charge in [-0.2, -0.15) is 4.98 Å². The van der Waals surface area contributed by atoms with Crippen LogP contribution in [0.3, 0.4) is 0 Å². The Balaban J connectivity index is 2.49. The van der Waals surface area contributed by atoms with E-state index in [-0.39, 0.29) is 0 Å². The van der Waals surface area contributed by atoms with E-state index in [9.17, 15) is 0 Å². The average molecular weight is 201 g/mol. The van der Waals surface area contributed by atoms with Gasteiger partial charge in [-0.3, -0.25) is 4.98 Å². The van der Waals surface area contributed by atoms with Gasteiger partial charge in [0.15, 0.2) is 0 Å². The van der Waals surface area contributed by atoms with Crippen LogP contribution in [0.5, 0.6) is 0 Å². The van der Waals surface area contributed by atoms with Crippen molar-refractivity contribution in [3.8, 4) is 11.4 Å². The number of nitrogens with zero attached hydrogens (tertiary/aromatic N) is 3. The minimum absolute atomic E-state index is 0.421. The van der Waals surface area contributed by atoms with Gasteiger partial charge in [-0.1, -0.05) is 11.7 Å². The molecular weight excluding hydrogens is 190 g/mol. The highest BCUT2D eigenvalue weighted by Crippen LogP contribution is 2.19. The SMILES string of the molecule is C=Cc1nc(-c2cnc(C)cc2C)no1. The van der Waals surface area contributed by atoms with Crippen LogP contribution >= 0.6 is 0 Å². The summed E-state index contributed by atoms with van der Waals surface area (Å²) in [6, 6.07) is 1.99. The van der Waals surface area contributed by atoms with Gasteiger partial charge in [0.2, 0.25) is 11.7 Å². The summed E-state index contributed by atoms with van der Waals surface area (Å²) in [6.45, 7) is 7.50. The Bertz CT molecular complexity index is 502. The minimum atomic E-state index is 0.421. The molecule has 2 aromatic heterocycles. The summed E-state index contributed by atoms with van der Waals surface area (Å²) < 4.78 is 4.95. The first kappa shape index (κ1) is 9.58. The van der Waals surface area contributed by atoms with Crippen LogP contribution in [0.4, 0.5) is 0 Å². The highest BCUT2D eigenvalue weighted by Gasteiger charge is 2.09. The van der Waals surface area contributed by atoms with Gasteiger partial charge in [0.05, 0.1) is 0 Å². The van der Waals surface area contributed by atoms with Gasteiger partial charge in [0.25, 0.3) is 0 Å². The Morgan fingerprint density at radius 1 is 1.40 bits per heavy atom. The van der Waals surface area contributed by atoms with Crippen molar-refractivity contribution in [2.24, 2.45) is 0 Å². The van der Waals surface area contributed by atoms with Crippen molar-refractivity contribution in [2.75, 3.05) is 0 Å². The van der Waals surface area contributed by atoms with Crippen LogP contribution in [-0.2, 0) is 0 Å². The quantitative estimate of drug-likeness (QED) is 0.748. The van der Waals surface area contributed by atoms with Crippen LogP contribution in [0.15, 0.2) is 23.4 Å². The molecule has 0 aliphatic rings. The molecule has 0 saturated heterocycles. The maximum atomic E-state index is 4.95. The van der Waals surface area contributed by atoms with Gasteiger partial charge < -0.3 is 4.52 Å². The molecule has 0 amide bonds. The second-order valence-corrected chi connectivity index (χ2v) is 3.30. The number of pyridine rings is 1. The molecule has 0 aliphatic heterocycles. The summed E-state index contributed by atoms with van der Waals surface area (Å²) in [6.07, 6.45) is 3.27. The molecule has 4 nitrogen and oxygen atoms in total. The van der Waals surface area contributed by atoms with Gasteiger partial charge in [0, 0.05) is 17.5 Å². The summed E-state index contributed by atoms with van der Waals surface area (Å²) in [5.74, 6) is 0.972. The Morgan fingerprint density at radius 2 is 2.20 bits per heavy atom. The molecular formula is C11H11N3O. The van der Waals surface area contributed by atoms with E-state index in [1.165, 1.54) is 6.08 Å². The molecule has 0 radical (unpaired) electrons. The third kappa shape index (κ3) is 1.79. The highest BCUT2D eigenvalue weighted by atomic mass is 16.5. The number of hydrogen-bond acceptors (Lipinski definition) is 4. The van der Waals surface area contributed by atoms with Crippen LogP contribution in [0, 0.1) is 13.8 Å². The van der Waals surface area contributed by atoms with Crippen LogP contribution in [0.1, 0.15) is 17.1 Å². The molecule has 0 N–H and O–H groups in total. The predicted octanol–water partition coefficient (Wildman–Crippen LogP) is 2.39. The second kappa shape index (κ2) is 3.65. The first-order chi connectivity index (χ1) is 7.20. The van der Waals surface area contributed by atoms with E-state index in [4.69, 9.17) is 4.52 Å².